The molecule has 3 heteroatoms. The molecule has 1 heterocycles. The van der Waals surface area contributed by atoms with E-state index in [1.807, 2.05) is 0 Å². The van der Waals surface area contributed by atoms with Crippen LogP contribution < -0.4 is 10.1 Å². The number of halogens is 1. The zero-order valence-electron chi connectivity index (χ0n) is 12.9. The maximum absolute atomic E-state index is 6.00. The Morgan fingerprint density at radius 3 is 2.67 bits per heavy atom. The lowest BCUT2D eigenvalue weighted by atomic mass is 9.81. The van der Waals surface area contributed by atoms with Gasteiger partial charge < -0.3 is 10.1 Å². The Morgan fingerprint density at radius 2 is 1.90 bits per heavy atom. The van der Waals surface area contributed by atoms with Crippen molar-refractivity contribution in [3.05, 3.63) is 28.2 Å². The maximum atomic E-state index is 6.00. The van der Waals surface area contributed by atoms with Crippen LogP contribution in [0.15, 0.2) is 22.7 Å². The first-order valence-corrected chi connectivity index (χ1v) is 9.19. The number of fused-ring (bicyclic) bond motifs is 1. The molecular weight excluding hydrogens is 326 g/mol. The van der Waals surface area contributed by atoms with Gasteiger partial charge in [-0.3, -0.25) is 0 Å². The first kappa shape index (κ1) is 15.4. The Balaban J connectivity index is 1.38. The van der Waals surface area contributed by atoms with Crippen LogP contribution >= 0.6 is 15.9 Å². The predicted octanol–water partition coefficient (Wildman–Crippen LogP) is 4.56. The maximum Gasteiger partial charge on any atom is 0.123 e. The molecule has 1 aromatic rings. The number of hydrogen-bond acceptors (Lipinski definition) is 2. The summed E-state index contributed by atoms with van der Waals surface area (Å²) in [6.07, 6.45) is 8.38. The van der Waals surface area contributed by atoms with Gasteiger partial charge in [-0.2, -0.15) is 0 Å². The van der Waals surface area contributed by atoms with Crippen molar-refractivity contribution in [1.29, 1.82) is 0 Å². The van der Waals surface area contributed by atoms with Crippen molar-refractivity contribution in [2.45, 2.75) is 51.6 Å². The first-order chi connectivity index (χ1) is 10.2. The lowest BCUT2D eigenvalue weighted by molar-refractivity contribution is 0.214. The molecule has 1 aliphatic carbocycles. The molecule has 1 aliphatic heterocycles. The molecule has 0 amide bonds. The van der Waals surface area contributed by atoms with Gasteiger partial charge >= 0.3 is 0 Å². The second-order valence-corrected chi connectivity index (χ2v) is 7.56. The summed E-state index contributed by atoms with van der Waals surface area (Å²) in [6.45, 7) is 4.47. The molecule has 0 spiro atoms. The second-order valence-electron chi connectivity index (χ2n) is 6.65. The smallest absolute Gasteiger partial charge is 0.123 e. The van der Waals surface area contributed by atoms with E-state index in [4.69, 9.17) is 4.74 Å². The molecule has 116 valence electrons. The normalized spacial score (nSPS) is 28.2. The van der Waals surface area contributed by atoms with Crippen LogP contribution in [0.2, 0.25) is 0 Å². The zero-order valence-corrected chi connectivity index (χ0v) is 14.5. The minimum atomic E-state index is 0.307. The largest absolute Gasteiger partial charge is 0.488 e. The van der Waals surface area contributed by atoms with Crippen LogP contribution in [-0.2, 0) is 6.42 Å². The van der Waals surface area contributed by atoms with Crippen LogP contribution in [0.1, 0.15) is 44.6 Å². The second kappa shape index (κ2) is 7.15. The lowest BCUT2D eigenvalue weighted by Crippen LogP contribution is -2.34. The summed E-state index contributed by atoms with van der Waals surface area (Å²) >= 11 is 3.53. The van der Waals surface area contributed by atoms with Crippen molar-refractivity contribution in [3.63, 3.8) is 0 Å². The van der Waals surface area contributed by atoms with Crippen LogP contribution in [0.3, 0.4) is 0 Å². The quantitative estimate of drug-likeness (QED) is 0.839. The summed E-state index contributed by atoms with van der Waals surface area (Å²) in [5.74, 6) is 2.94. The standard InChI is InChI=1S/C18H26BrNO/c1-2-13-3-5-14(6-4-13)11-20-12-17-10-15-9-16(19)7-8-18(15)21-17/h7-9,13-14,17,20H,2-6,10-12H2,1H3. The molecule has 0 bridgehead atoms. The van der Waals surface area contributed by atoms with E-state index >= 15 is 0 Å². The predicted molar refractivity (Wildman–Crippen MR) is 90.9 cm³/mol. The van der Waals surface area contributed by atoms with E-state index in [0.717, 1.165) is 41.6 Å². The fourth-order valence-electron chi connectivity index (χ4n) is 3.70. The van der Waals surface area contributed by atoms with Crippen LogP contribution in [0.25, 0.3) is 0 Å². The number of hydrogen-bond donors (Lipinski definition) is 1. The lowest BCUT2D eigenvalue weighted by Gasteiger charge is -2.28. The molecular formula is C18H26BrNO. The molecule has 1 unspecified atom stereocenters. The van der Waals surface area contributed by atoms with Crippen molar-refractivity contribution in [2.75, 3.05) is 13.1 Å². The fraction of sp³-hybridized carbons (Fsp3) is 0.667. The van der Waals surface area contributed by atoms with Crippen molar-refractivity contribution in [2.24, 2.45) is 11.8 Å². The summed E-state index contributed by atoms with van der Waals surface area (Å²) in [5, 5.41) is 3.64. The fourth-order valence-corrected chi connectivity index (χ4v) is 4.10. The highest BCUT2D eigenvalue weighted by Crippen LogP contribution is 2.32. The van der Waals surface area contributed by atoms with Gasteiger partial charge in [0.15, 0.2) is 0 Å². The Morgan fingerprint density at radius 1 is 1.14 bits per heavy atom. The van der Waals surface area contributed by atoms with E-state index in [0.29, 0.717) is 6.10 Å². The highest BCUT2D eigenvalue weighted by Gasteiger charge is 2.24. The van der Waals surface area contributed by atoms with Gasteiger partial charge in [0.1, 0.15) is 11.9 Å². The van der Waals surface area contributed by atoms with Crippen LogP contribution in [0.5, 0.6) is 5.75 Å². The molecule has 0 aromatic heterocycles. The van der Waals surface area contributed by atoms with Crippen molar-refractivity contribution >= 4 is 15.9 Å². The molecule has 0 saturated heterocycles. The van der Waals surface area contributed by atoms with Gasteiger partial charge in [-0.25, -0.2) is 0 Å². The zero-order chi connectivity index (χ0) is 14.7. The SMILES string of the molecule is CCC1CCC(CNCC2Cc3cc(Br)ccc3O2)CC1. The number of nitrogens with one attached hydrogen (secondary N) is 1. The monoisotopic (exact) mass is 351 g/mol. The van der Waals surface area contributed by atoms with Gasteiger partial charge in [0.2, 0.25) is 0 Å². The molecule has 2 nitrogen and oxygen atoms in total. The van der Waals surface area contributed by atoms with Crippen LogP contribution in [0, 0.1) is 11.8 Å². The van der Waals surface area contributed by atoms with Crippen LogP contribution in [0.4, 0.5) is 0 Å². The van der Waals surface area contributed by atoms with Crippen molar-refractivity contribution in [3.8, 4) is 5.75 Å². The highest BCUT2D eigenvalue weighted by atomic mass is 79.9. The van der Waals surface area contributed by atoms with E-state index in [-0.39, 0.29) is 0 Å². The van der Waals surface area contributed by atoms with E-state index in [2.05, 4.69) is 46.4 Å². The number of ether oxygens (including phenoxy) is 1. The average Bonchev–Trinajstić information content (AvgIpc) is 2.89. The minimum Gasteiger partial charge on any atom is -0.488 e. The van der Waals surface area contributed by atoms with Gasteiger partial charge in [-0.05, 0) is 55.0 Å². The van der Waals surface area contributed by atoms with Crippen molar-refractivity contribution in [1.82, 2.24) is 5.32 Å². The average molecular weight is 352 g/mol. The van der Waals surface area contributed by atoms with Crippen molar-refractivity contribution < 1.29 is 4.74 Å². The van der Waals surface area contributed by atoms with Gasteiger partial charge in [-0.1, -0.05) is 42.1 Å². The molecule has 1 aromatic carbocycles. The van der Waals surface area contributed by atoms with Gasteiger partial charge in [0.05, 0.1) is 0 Å². The van der Waals surface area contributed by atoms with E-state index in [1.165, 1.54) is 37.7 Å². The third-order valence-electron chi connectivity index (χ3n) is 5.11. The van der Waals surface area contributed by atoms with Crippen LogP contribution in [-0.4, -0.2) is 19.2 Å². The van der Waals surface area contributed by atoms with Gasteiger partial charge in [0, 0.05) is 17.4 Å². The molecule has 1 saturated carbocycles. The third-order valence-corrected chi connectivity index (χ3v) is 5.61. The van der Waals surface area contributed by atoms with E-state index in [9.17, 15) is 0 Å². The molecule has 1 N–H and O–H groups in total. The summed E-state index contributed by atoms with van der Waals surface area (Å²) in [4.78, 5) is 0. The Hall–Kier alpha value is -0.540. The van der Waals surface area contributed by atoms with E-state index < -0.39 is 0 Å². The molecule has 3 rings (SSSR count). The van der Waals surface area contributed by atoms with E-state index in [1.54, 1.807) is 0 Å². The molecule has 0 radical (unpaired) electrons. The van der Waals surface area contributed by atoms with Gasteiger partial charge in [0.25, 0.3) is 0 Å². The summed E-state index contributed by atoms with van der Waals surface area (Å²) < 4.78 is 7.15. The molecule has 1 atom stereocenters. The summed E-state index contributed by atoms with van der Waals surface area (Å²) in [6, 6.07) is 6.31. The number of rotatable bonds is 5. The summed E-state index contributed by atoms with van der Waals surface area (Å²) in [5.41, 5.74) is 1.33. The Kier molecular flexibility index (Phi) is 5.23. The third kappa shape index (κ3) is 4.01. The minimum absolute atomic E-state index is 0.307. The number of benzene rings is 1. The molecule has 2 aliphatic rings. The Bertz CT molecular complexity index is 468. The molecule has 21 heavy (non-hydrogen) atoms. The summed E-state index contributed by atoms with van der Waals surface area (Å²) in [7, 11) is 0. The topological polar surface area (TPSA) is 21.3 Å². The Labute approximate surface area is 136 Å². The first-order valence-electron chi connectivity index (χ1n) is 8.40. The highest BCUT2D eigenvalue weighted by molar-refractivity contribution is 9.10. The van der Waals surface area contributed by atoms with Gasteiger partial charge in [-0.15, -0.1) is 0 Å². The molecule has 1 fully saturated rings.